The molecule has 94 valence electrons. The Morgan fingerprint density at radius 1 is 1.22 bits per heavy atom. The fourth-order valence-electron chi connectivity index (χ4n) is 2.07. The Labute approximate surface area is 98.8 Å². The number of hydrogen-bond donors (Lipinski definition) is 0. The third-order valence-electron chi connectivity index (χ3n) is 2.89. The summed E-state index contributed by atoms with van der Waals surface area (Å²) in [5, 5.41) is 0.485. The summed E-state index contributed by atoms with van der Waals surface area (Å²) in [6.07, 6.45) is -6.82. The average molecular weight is 256 g/mol. The van der Waals surface area contributed by atoms with Crippen molar-refractivity contribution in [1.82, 2.24) is 0 Å². The van der Waals surface area contributed by atoms with Gasteiger partial charge in [0.25, 0.3) is 0 Å². The van der Waals surface area contributed by atoms with E-state index in [1.54, 1.807) is 18.2 Å². The molecule has 1 aliphatic heterocycles. The van der Waals surface area contributed by atoms with Crippen LogP contribution in [-0.2, 0) is 6.42 Å². The van der Waals surface area contributed by atoms with Gasteiger partial charge in [-0.25, -0.2) is 4.79 Å². The first-order valence-corrected chi connectivity index (χ1v) is 5.25. The largest absolute Gasteiger partial charge is 0.473 e. The standard InChI is InChI=1S/C12H7F3O3/c13-12(14,15)9-5-7-6-3-1-2-4-8(6)17-11(16)10(7)18-9/h1-4,9H,5H2. The van der Waals surface area contributed by atoms with Gasteiger partial charge in [0.05, 0.1) is 0 Å². The minimum Gasteiger partial charge on any atom is -0.473 e. The molecule has 3 rings (SSSR count). The molecule has 0 spiro atoms. The Hall–Kier alpha value is -1.98. The van der Waals surface area contributed by atoms with Crippen molar-refractivity contribution in [2.75, 3.05) is 0 Å². The lowest BCUT2D eigenvalue weighted by molar-refractivity contribution is -0.189. The number of hydrogen-bond acceptors (Lipinski definition) is 3. The molecule has 0 aliphatic carbocycles. The van der Waals surface area contributed by atoms with E-state index in [9.17, 15) is 18.0 Å². The molecule has 0 radical (unpaired) electrons. The molecule has 1 atom stereocenters. The van der Waals surface area contributed by atoms with Gasteiger partial charge in [-0.2, -0.15) is 13.2 Å². The van der Waals surface area contributed by atoms with Crippen molar-refractivity contribution in [2.45, 2.75) is 18.7 Å². The fraction of sp³-hybridized carbons (Fsp3) is 0.250. The van der Waals surface area contributed by atoms with Crippen molar-refractivity contribution >= 4 is 11.0 Å². The third-order valence-corrected chi connectivity index (χ3v) is 2.89. The van der Waals surface area contributed by atoms with Gasteiger partial charge >= 0.3 is 11.8 Å². The lowest BCUT2D eigenvalue weighted by atomic mass is 10.1. The second-order valence-corrected chi connectivity index (χ2v) is 4.05. The highest BCUT2D eigenvalue weighted by Gasteiger charge is 2.47. The van der Waals surface area contributed by atoms with Crippen LogP contribution in [0.2, 0.25) is 0 Å². The van der Waals surface area contributed by atoms with Crippen LogP contribution in [0, 0.1) is 0 Å². The van der Waals surface area contributed by atoms with Crippen LogP contribution in [0.15, 0.2) is 33.5 Å². The van der Waals surface area contributed by atoms with Crippen LogP contribution in [0.1, 0.15) is 5.56 Å². The Balaban J connectivity index is 2.21. The van der Waals surface area contributed by atoms with E-state index in [-0.39, 0.29) is 23.3 Å². The van der Waals surface area contributed by atoms with Crippen LogP contribution < -0.4 is 10.4 Å². The molecule has 1 aromatic heterocycles. The molecule has 6 heteroatoms. The summed E-state index contributed by atoms with van der Waals surface area (Å²) < 4.78 is 47.4. The van der Waals surface area contributed by atoms with Crippen LogP contribution in [0.5, 0.6) is 5.75 Å². The molecule has 0 amide bonds. The van der Waals surface area contributed by atoms with Crippen LogP contribution >= 0.6 is 0 Å². The first-order chi connectivity index (χ1) is 8.47. The van der Waals surface area contributed by atoms with E-state index < -0.39 is 17.9 Å². The van der Waals surface area contributed by atoms with Gasteiger partial charge in [-0.1, -0.05) is 18.2 Å². The van der Waals surface area contributed by atoms with Crippen LogP contribution in [0.25, 0.3) is 11.0 Å². The molecule has 1 aliphatic rings. The van der Waals surface area contributed by atoms with Gasteiger partial charge in [0.15, 0.2) is 6.10 Å². The number of ether oxygens (including phenoxy) is 1. The summed E-state index contributed by atoms with van der Waals surface area (Å²) >= 11 is 0. The number of para-hydroxylation sites is 1. The fourth-order valence-corrected chi connectivity index (χ4v) is 2.07. The molecule has 2 aromatic rings. The van der Waals surface area contributed by atoms with E-state index in [0.717, 1.165) is 0 Å². The highest BCUT2D eigenvalue weighted by Crippen LogP contribution is 2.37. The first-order valence-electron chi connectivity index (χ1n) is 5.25. The minimum absolute atomic E-state index is 0.268. The smallest absolute Gasteiger partial charge is 0.425 e. The molecule has 0 N–H and O–H groups in total. The summed E-state index contributed by atoms with van der Waals surface area (Å²) in [6, 6.07) is 6.47. The summed E-state index contributed by atoms with van der Waals surface area (Å²) in [5.41, 5.74) is -0.327. The lowest BCUT2D eigenvalue weighted by Crippen LogP contribution is -2.33. The van der Waals surface area contributed by atoms with Crippen molar-refractivity contribution in [3.8, 4) is 5.75 Å². The van der Waals surface area contributed by atoms with Gasteiger partial charge in [0.2, 0.25) is 5.75 Å². The first kappa shape index (κ1) is 11.1. The van der Waals surface area contributed by atoms with Gasteiger partial charge in [-0.05, 0) is 6.07 Å². The summed E-state index contributed by atoms with van der Waals surface area (Å²) in [6.45, 7) is 0. The minimum atomic E-state index is -4.49. The Morgan fingerprint density at radius 2 is 1.94 bits per heavy atom. The van der Waals surface area contributed by atoms with Crippen molar-refractivity contribution in [2.24, 2.45) is 0 Å². The van der Waals surface area contributed by atoms with Crippen molar-refractivity contribution < 1.29 is 22.3 Å². The van der Waals surface area contributed by atoms with Gasteiger partial charge in [0.1, 0.15) is 5.58 Å². The van der Waals surface area contributed by atoms with E-state index >= 15 is 0 Å². The summed E-state index contributed by atoms with van der Waals surface area (Å²) in [5.74, 6) is -0.323. The molecule has 3 nitrogen and oxygen atoms in total. The maximum atomic E-state index is 12.6. The zero-order valence-electron chi connectivity index (χ0n) is 8.95. The van der Waals surface area contributed by atoms with Crippen molar-refractivity contribution in [1.29, 1.82) is 0 Å². The maximum Gasteiger partial charge on any atom is 0.425 e. The van der Waals surface area contributed by atoms with E-state index in [1.165, 1.54) is 6.07 Å². The lowest BCUT2D eigenvalue weighted by Gasteiger charge is -2.13. The third kappa shape index (κ3) is 1.56. The molecule has 0 saturated heterocycles. The normalized spacial score (nSPS) is 18.7. The Morgan fingerprint density at radius 3 is 2.67 bits per heavy atom. The van der Waals surface area contributed by atoms with Crippen molar-refractivity contribution in [3.63, 3.8) is 0 Å². The zero-order chi connectivity index (χ0) is 12.9. The second-order valence-electron chi connectivity index (χ2n) is 4.05. The quantitative estimate of drug-likeness (QED) is 0.680. The van der Waals surface area contributed by atoms with Crippen LogP contribution in [-0.4, -0.2) is 12.3 Å². The van der Waals surface area contributed by atoms with Gasteiger partial charge in [-0.3, -0.25) is 0 Å². The number of fused-ring (bicyclic) bond motifs is 3. The second kappa shape index (κ2) is 3.51. The van der Waals surface area contributed by atoms with E-state index in [1.807, 2.05) is 0 Å². The number of benzene rings is 1. The van der Waals surface area contributed by atoms with E-state index in [0.29, 0.717) is 5.39 Å². The van der Waals surface area contributed by atoms with Gasteiger partial charge in [-0.15, -0.1) is 0 Å². The van der Waals surface area contributed by atoms with E-state index in [4.69, 9.17) is 4.42 Å². The van der Waals surface area contributed by atoms with Gasteiger partial charge in [0, 0.05) is 17.4 Å². The summed E-state index contributed by atoms with van der Waals surface area (Å²) in [4.78, 5) is 11.5. The van der Waals surface area contributed by atoms with Crippen LogP contribution in [0.3, 0.4) is 0 Å². The van der Waals surface area contributed by atoms with E-state index in [2.05, 4.69) is 4.74 Å². The maximum absolute atomic E-state index is 12.6. The Bertz CT molecular complexity index is 672. The number of halogens is 3. The SMILES string of the molecule is O=c1oc2ccccc2c2c1OC(C(F)(F)F)C2. The predicted octanol–water partition coefficient (Wildman–Crippen LogP) is 2.66. The highest BCUT2D eigenvalue weighted by atomic mass is 19.4. The van der Waals surface area contributed by atoms with Crippen LogP contribution in [0.4, 0.5) is 13.2 Å². The number of alkyl halides is 3. The molecule has 2 heterocycles. The number of rotatable bonds is 0. The average Bonchev–Trinajstić information content (AvgIpc) is 2.74. The molecule has 18 heavy (non-hydrogen) atoms. The molecular formula is C12H7F3O3. The molecule has 0 bridgehead atoms. The topological polar surface area (TPSA) is 39.4 Å². The molecular weight excluding hydrogens is 249 g/mol. The molecule has 0 fully saturated rings. The zero-order valence-corrected chi connectivity index (χ0v) is 8.95. The predicted molar refractivity (Wildman–Crippen MR) is 56.7 cm³/mol. The molecule has 0 saturated carbocycles. The molecule has 1 aromatic carbocycles. The summed E-state index contributed by atoms with van der Waals surface area (Å²) in [7, 11) is 0. The molecule has 1 unspecified atom stereocenters. The monoisotopic (exact) mass is 256 g/mol. The highest BCUT2D eigenvalue weighted by molar-refractivity contribution is 5.82. The Kier molecular flexibility index (Phi) is 2.17. The van der Waals surface area contributed by atoms with Crippen molar-refractivity contribution in [3.05, 3.63) is 40.2 Å². The van der Waals surface area contributed by atoms with Gasteiger partial charge < -0.3 is 9.15 Å².